The fraction of sp³-hybridized carbons (Fsp3) is 0.619. The van der Waals surface area contributed by atoms with Crippen LogP contribution >= 0.6 is 23.2 Å². The van der Waals surface area contributed by atoms with Crippen molar-refractivity contribution < 1.29 is 14.3 Å². The summed E-state index contributed by atoms with van der Waals surface area (Å²) < 4.78 is 5.10. The lowest BCUT2D eigenvalue weighted by Crippen LogP contribution is -2.46. The minimum atomic E-state index is -0.120. The fourth-order valence-electron chi connectivity index (χ4n) is 4.09. The van der Waals surface area contributed by atoms with Crippen molar-refractivity contribution in [1.82, 2.24) is 9.80 Å². The lowest BCUT2D eigenvalue weighted by molar-refractivity contribution is -0.152. The maximum Gasteiger partial charge on any atom is 0.309 e. The van der Waals surface area contributed by atoms with E-state index in [1.54, 1.807) is 0 Å². The third-order valence-corrected chi connectivity index (χ3v) is 6.49. The lowest BCUT2D eigenvalue weighted by atomic mass is 9.92. The van der Waals surface area contributed by atoms with Gasteiger partial charge in [-0.2, -0.15) is 0 Å². The minimum absolute atomic E-state index is 0.0583. The molecule has 0 spiro atoms. The van der Waals surface area contributed by atoms with Gasteiger partial charge in [0.15, 0.2) is 0 Å². The van der Waals surface area contributed by atoms with Crippen LogP contribution in [0, 0.1) is 11.8 Å². The van der Waals surface area contributed by atoms with Gasteiger partial charge in [0.25, 0.3) is 0 Å². The van der Waals surface area contributed by atoms with Crippen LogP contribution in [0.3, 0.4) is 0 Å². The molecule has 1 aromatic carbocycles. The number of nitrogens with zero attached hydrogens (tertiary/aromatic N) is 2. The van der Waals surface area contributed by atoms with Crippen LogP contribution in [-0.2, 0) is 20.9 Å². The first-order chi connectivity index (χ1) is 13.5. The third kappa shape index (κ3) is 5.40. The van der Waals surface area contributed by atoms with Gasteiger partial charge in [-0.1, -0.05) is 29.3 Å². The Morgan fingerprint density at radius 3 is 2.25 bits per heavy atom. The molecular weight excluding hydrogens is 399 g/mol. The Morgan fingerprint density at radius 2 is 1.64 bits per heavy atom. The number of ether oxygens (including phenoxy) is 1. The van der Waals surface area contributed by atoms with E-state index in [4.69, 9.17) is 27.9 Å². The molecule has 2 aliphatic rings. The number of likely N-dealkylation sites (tertiary alicyclic amines) is 2. The zero-order valence-electron chi connectivity index (χ0n) is 16.3. The molecule has 0 N–H and O–H groups in total. The molecule has 2 heterocycles. The summed E-state index contributed by atoms with van der Waals surface area (Å²) in [6, 6.07) is 5.74. The molecular formula is C21H28Cl2N2O3. The second-order valence-electron chi connectivity index (χ2n) is 7.65. The Labute approximate surface area is 176 Å². The Bertz CT molecular complexity index is 697. The molecule has 1 amide bonds. The highest BCUT2D eigenvalue weighted by Gasteiger charge is 2.33. The molecule has 7 heteroatoms. The zero-order chi connectivity index (χ0) is 20.1. The molecule has 1 aromatic rings. The van der Waals surface area contributed by atoms with Crippen LogP contribution in [0.1, 0.15) is 38.2 Å². The van der Waals surface area contributed by atoms with Gasteiger partial charge in [-0.3, -0.25) is 14.5 Å². The van der Waals surface area contributed by atoms with E-state index in [0.717, 1.165) is 38.0 Å². The number of hydrogen-bond acceptors (Lipinski definition) is 4. The van der Waals surface area contributed by atoms with Crippen molar-refractivity contribution in [2.45, 2.75) is 39.2 Å². The topological polar surface area (TPSA) is 49.9 Å². The highest BCUT2D eigenvalue weighted by atomic mass is 35.5. The van der Waals surface area contributed by atoms with E-state index in [1.165, 1.54) is 0 Å². The van der Waals surface area contributed by atoms with Crippen LogP contribution in [0.25, 0.3) is 0 Å². The third-order valence-electron chi connectivity index (χ3n) is 5.75. The molecule has 2 saturated heterocycles. The summed E-state index contributed by atoms with van der Waals surface area (Å²) in [4.78, 5) is 29.0. The van der Waals surface area contributed by atoms with Crippen molar-refractivity contribution in [3.05, 3.63) is 33.8 Å². The number of benzene rings is 1. The first-order valence-corrected chi connectivity index (χ1v) is 10.8. The second kappa shape index (κ2) is 9.95. The summed E-state index contributed by atoms with van der Waals surface area (Å²) in [7, 11) is 0. The van der Waals surface area contributed by atoms with E-state index >= 15 is 0 Å². The number of carbonyl (C=O) groups is 2. The van der Waals surface area contributed by atoms with Crippen molar-refractivity contribution in [2.24, 2.45) is 11.8 Å². The normalized spacial score (nSPS) is 19.6. The number of carbonyl (C=O) groups excluding carboxylic acids is 2. The van der Waals surface area contributed by atoms with Gasteiger partial charge in [0.1, 0.15) is 0 Å². The van der Waals surface area contributed by atoms with Crippen LogP contribution < -0.4 is 0 Å². The molecule has 0 unspecified atom stereocenters. The van der Waals surface area contributed by atoms with E-state index in [1.807, 2.05) is 30.0 Å². The maximum absolute atomic E-state index is 12.9. The number of piperidine rings is 2. The zero-order valence-corrected chi connectivity index (χ0v) is 17.8. The standard InChI is InChI=1S/C21H28Cl2N2O3/c1-2-28-21(27)17-7-11-25(12-8-17)20(26)16-5-9-24(10-6-16)14-15-3-4-18(22)19(23)13-15/h3-4,13,16-17H,2,5-12,14H2,1H3. The largest absolute Gasteiger partial charge is 0.466 e. The van der Waals surface area contributed by atoms with E-state index in [-0.39, 0.29) is 23.7 Å². The summed E-state index contributed by atoms with van der Waals surface area (Å²) in [6.07, 6.45) is 3.16. The number of amides is 1. The first-order valence-electron chi connectivity index (χ1n) is 10.1. The fourth-order valence-corrected chi connectivity index (χ4v) is 4.41. The molecule has 0 aliphatic carbocycles. The maximum atomic E-state index is 12.9. The monoisotopic (exact) mass is 426 g/mol. The Kier molecular flexibility index (Phi) is 7.61. The van der Waals surface area contributed by atoms with Crippen LogP contribution in [0.15, 0.2) is 18.2 Å². The van der Waals surface area contributed by atoms with Gasteiger partial charge in [-0.05, 0) is 63.4 Å². The molecule has 2 fully saturated rings. The van der Waals surface area contributed by atoms with Gasteiger partial charge >= 0.3 is 5.97 Å². The average molecular weight is 427 g/mol. The summed E-state index contributed by atoms with van der Waals surface area (Å²) in [6.45, 7) is 6.18. The molecule has 0 saturated carbocycles. The van der Waals surface area contributed by atoms with Crippen LogP contribution in [0.4, 0.5) is 0 Å². The summed E-state index contributed by atoms with van der Waals surface area (Å²) in [5.74, 6) is 0.156. The summed E-state index contributed by atoms with van der Waals surface area (Å²) in [5, 5.41) is 1.15. The number of halogens is 2. The number of hydrogen-bond donors (Lipinski definition) is 0. The molecule has 0 aromatic heterocycles. The molecule has 0 radical (unpaired) electrons. The first kappa shape index (κ1) is 21.4. The number of esters is 1. The average Bonchev–Trinajstić information content (AvgIpc) is 2.71. The van der Waals surface area contributed by atoms with Gasteiger partial charge in [0, 0.05) is 25.6 Å². The Balaban J connectivity index is 1.44. The number of rotatable bonds is 5. The van der Waals surface area contributed by atoms with Crippen molar-refractivity contribution >= 4 is 35.1 Å². The van der Waals surface area contributed by atoms with Gasteiger partial charge in [-0.15, -0.1) is 0 Å². The van der Waals surface area contributed by atoms with Crippen molar-refractivity contribution in [1.29, 1.82) is 0 Å². The Morgan fingerprint density at radius 1 is 1.00 bits per heavy atom. The predicted molar refractivity (Wildman–Crippen MR) is 110 cm³/mol. The SMILES string of the molecule is CCOC(=O)C1CCN(C(=O)C2CCN(Cc3ccc(Cl)c(Cl)c3)CC2)CC1. The lowest BCUT2D eigenvalue weighted by Gasteiger charge is -2.37. The van der Waals surface area contributed by atoms with E-state index in [0.29, 0.717) is 42.6 Å². The molecule has 2 aliphatic heterocycles. The van der Waals surface area contributed by atoms with E-state index in [9.17, 15) is 9.59 Å². The van der Waals surface area contributed by atoms with Gasteiger partial charge in [0.2, 0.25) is 5.91 Å². The molecule has 3 rings (SSSR count). The molecule has 5 nitrogen and oxygen atoms in total. The second-order valence-corrected chi connectivity index (χ2v) is 8.46. The smallest absolute Gasteiger partial charge is 0.309 e. The van der Waals surface area contributed by atoms with Crippen LogP contribution in [0.2, 0.25) is 10.0 Å². The highest BCUT2D eigenvalue weighted by Crippen LogP contribution is 2.27. The van der Waals surface area contributed by atoms with Gasteiger partial charge in [0.05, 0.1) is 22.6 Å². The molecule has 28 heavy (non-hydrogen) atoms. The Hall–Kier alpha value is -1.30. The minimum Gasteiger partial charge on any atom is -0.466 e. The van der Waals surface area contributed by atoms with Gasteiger partial charge < -0.3 is 9.64 Å². The molecule has 0 atom stereocenters. The van der Waals surface area contributed by atoms with Gasteiger partial charge in [-0.25, -0.2) is 0 Å². The summed E-state index contributed by atoms with van der Waals surface area (Å²) in [5.41, 5.74) is 1.14. The van der Waals surface area contributed by atoms with Crippen molar-refractivity contribution in [3.8, 4) is 0 Å². The van der Waals surface area contributed by atoms with Crippen LogP contribution in [0.5, 0.6) is 0 Å². The highest BCUT2D eigenvalue weighted by molar-refractivity contribution is 6.42. The van der Waals surface area contributed by atoms with Crippen LogP contribution in [-0.4, -0.2) is 54.5 Å². The molecule has 154 valence electrons. The van der Waals surface area contributed by atoms with Crippen molar-refractivity contribution in [3.63, 3.8) is 0 Å². The predicted octanol–water partition coefficient (Wildman–Crippen LogP) is 4.01. The quantitative estimate of drug-likeness (QED) is 0.667. The van der Waals surface area contributed by atoms with Crippen molar-refractivity contribution in [2.75, 3.05) is 32.8 Å². The van der Waals surface area contributed by atoms with E-state index in [2.05, 4.69) is 4.90 Å². The van der Waals surface area contributed by atoms with E-state index < -0.39 is 0 Å². The molecule has 0 bridgehead atoms. The summed E-state index contributed by atoms with van der Waals surface area (Å²) >= 11 is 12.1.